The monoisotopic (exact) mass is 328 g/mol. The zero-order chi connectivity index (χ0) is 17.1. The molecule has 0 atom stereocenters. The molecule has 0 fully saturated rings. The van der Waals surface area contributed by atoms with Gasteiger partial charge in [-0.2, -0.15) is 0 Å². The van der Waals surface area contributed by atoms with Gasteiger partial charge in [-0.25, -0.2) is 9.18 Å². The van der Waals surface area contributed by atoms with Crippen molar-refractivity contribution in [3.05, 3.63) is 65.2 Å². The summed E-state index contributed by atoms with van der Waals surface area (Å²) in [6, 6.07) is 10.7. The molecule has 24 heavy (non-hydrogen) atoms. The highest BCUT2D eigenvalue weighted by Gasteiger charge is 2.28. The van der Waals surface area contributed by atoms with Crippen molar-refractivity contribution < 1.29 is 28.2 Å². The van der Waals surface area contributed by atoms with Crippen molar-refractivity contribution in [3.8, 4) is 11.5 Å². The van der Waals surface area contributed by atoms with Crippen molar-refractivity contribution in [2.45, 2.75) is 0 Å². The average molecular weight is 328 g/mol. The second kappa shape index (κ2) is 6.54. The number of esters is 1. The average Bonchev–Trinajstić information content (AvgIpc) is 2.90. The highest BCUT2D eigenvalue weighted by atomic mass is 19.1. The minimum atomic E-state index is -0.521. The lowest BCUT2D eigenvalue weighted by Crippen LogP contribution is -2.12. The molecule has 5 nitrogen and oxygen atoms in total. The number of carbonyl (C=O) groups excluding carboxylic acids is 2. The summed E-state index contributed by atoms with van der Waals surface area (Å²) in [4.78, 5) is 23.4. The van der Waals surface area contributed by atoms with Gasteiger partial charge in [-0.1, -0.05) is 18.2 Å². The van der Waals surface area contributed by atoms with Gasteiger partial charge in [0.2, 0.25) is 5.78 Å². The van der Waals surface area contributed by atoms with Crippen molar-refractivity contribution >= 4 is 17.8 Å². The third-order valence-electron chi connectivity index (χ3n) is 3.42. The number of carbonyl (C=O) groups is 2. The fraction of sp³-hybridized carbons (Fsp3) is 0.111. The van der Waals surface area contributed by atoms with Gasteiger partial charge < -0.3 is 14.2 Å². The van der Waals surface area contributed by atoms with Gasteiger partial charge in [0.05, 0.1) is 12.7 Å². The van der Waals surface area contributed by atoms with E-state index in [9.17, 15) is 14.0 Å². The van der Waals surface area contributed by atoms with E-state index < -0.39 is 11.8 Å². The van der Waals surface area contributed by atoms with Crippen LogP contribution in [0.4, 0.5) is 4.39 Å². The van der Waals surface area contributed by atoms with Crippen LogP contribution in [-0.2, 0) is 9.53 Å². The van der Waals surface area contributed by atoms with Crippen LogP contribution in [0.1, 0.15) is 15.9 Å². The first-order chi connectivity index (χ1) is 11.6. The number of ketones is 1. The minimum Gasteiger partial charge on any atom is -0.482 e. The van der Waals surface area contributed by atoms with E-state index in [4.69, 9.17) is 9.47 Å². The number of methoxy groups -OCH3 is 1. The maximum absolute atomic E-state index is 13.7. The van der Waals surface area contributed by atoms with Crippen molar-refractivity contribution in [2.75, 3.05) is 13.7 Å². The Hall–Kier alpha value is -3.15. The second-order valence-electron chi connectivity index (χ2n) is 4.98. The van der Waals surface area contributed by atoms with Crippen molar-refractivity contribution in [3.63, 3.8) is 0 Å². The molecule has 1 heterocycles. The maximum atomic E-state index is 13.7. The maximum Gasteiger partial charge on any atom is 0.343 e. The Kier molecular flexibility index (Phi) is 4.29. The molecule has 2 aromatic rings. The van der Waals surface area contributed by atoms with Gasteiger partial charge in [0, 0.05) is 11.6 Å². The lowest BCUT2D eigenvalue weighted by Gasteiger charge is -2.05. The Bertz CT molecular complexity index is 841. The van der Waals surface area contributed by atoms with Crippen molar-refractivity contribution in [2.24, 2.45) is 0 Å². The lowest BCUT2D eigenvalue weighted by atomic mass is 10.1. The van der Waals surface area contributed by atoms with Crippen LogP contribution in [-0.4, -0.2) is 25.5 Å². The topological polar surface area (TPSA) is 61.8 Å². The largest absolute Gasteiger partial charge is 0.482 e. The molecule has 0 N–H and O–H groups in total. The number of ether oxygens (including phenoxy) is 3. The number of hydrogen-bond acceptors (Lipinski definition) is 5. The summed E-state index contributed by atoms with van der Waals surface area (Å²) in [5, 5.41) is 0. The summed E-state index contributed by atoms with van der Waals surface area (Å²) in [6.07, 6.45) is 1.35. The molecule has 6 heteroatoms. The van der Waals surface area contributed by atoms with E-state index in [-0.39, 0.29) is 23.7 Å². The zero-order valence-electron chi connectivity index (χ0n) is 12.7. The smallest absolute Gasteiger partial charge is 0.343 e. The molecule has 0 aliphatic carbocycles. The third-order valence-corrected chi connectivity index (χ3v) is 3.42. The number of Topliss-reactive ketones (excluding diaryl/α,β-unsaturated/α-hetero) is 1. The van der Waals surface area contributed by atoms with E-state index >= 15 is 0 Å². The molecule has 0 amide bonds. The van der Waals surface area contributed by atoms with Crippen LogP contribution >= 0.6 is 0 Å². The van der Waals surface area contributed by atoms with Crippen LogP contribution in [0.25, 0.3) is 6.08 Å². The molecule has 0 unspecified atom stereocenters. The van der Waals surface area contributed by atoms with Crippen LogP contribution in [0, 0.1) is 5.82 Å². The van der Waals surface area contributed by atoms with Crippen LogP contribution in [0.15, 0.2) is 48.2 Å². The summed E-state index contributed by atoms with van der Waals surface area (Å²) >= 11 is 0. The minimum absolute atomic E-state index is 0.0280. The molecule has 0 bridgehead atoms. The van der Waals surface area contributed by atoms with Crippen LogP contribution < -0.4 is 9.47 Å². The number of hydrogen-bond donors (Lipinski definition) is 0. The SMILES string of the molecule is COC(=O)COc1ccc2c(c1)O/C(=C\c1ccccc1F)C2=O. The molecule has 122 valence electrons. The number of fused-ring (bicyclic) bond motifs is 1. The van der Waals surface area contributed by atoms with Gasteiger partial charge in [0.1, 0.15) is 17.3 Å². The van der Waals surface area contributed by atoms with Gasteiger partial charge in [0.15, 0.2) is 12.4 Å². The van der Waals surface area contributed by atoms with Gasteiger partial charge in [-0.3, -0.25) is 4.79 Å². The van der Waals surface area contributed by atoms with Crippen LogP contribution in [0.3, 0.4) is 0 Å². The normalized spacial score (nSPS) is 14.2. The van der Waals surface area contributed by atoms with Gasteiger partial charge in [0.25, 0.3) is 0 Å². The summed E-state index contributed by atoms with van der Waals surface area (Å²) in [5.41, 5.74) is 0.610. The molecule has 3 rings (SSSR count). The Morgan fingerprint density at radius 3 is 2.79 bits per heavy atom. The standard InChI is InChI=1S/C18H13FO5/c1-22-17(20)10-23-12-6-7-13-15(9-12)24-16(18(13)21)8-11-4-2-3-5-14(11)19/h2-9H,10H2,1H3/b16-8-. The molecular formula is C18H13FO5. The molecule has 1 aliphatic rings. The Morgan fingerprint density at radius 1 is 1.25 bits per heavy atom. The highest BCUT2D eigenvalue weighted by molar-refractivity contribution is 6.14. The van der Waals surface area contributed by atoms with E-state index in [1.807, 2.05) is 0 Å². The van der Waals surface area contributed by atoms with Crippen LogP contribution in [0.5, 0.6) is 11.5 Å². The summed E-state index contributed by atoms with van der Waals surface area (Å²) < 4.78 is 28.9. The molecule has 0 spiro atoms. The van der Waals surface area contributed by atoms with Crippen LogP contribution in [0.2, 0.25) is 0 Å². The number of benzene rings is 2. The fourth-order valence-corrected chi connectivity index (χ4v) is 2.19. The van der Waals surface area contributed by atoms with E-state index in [1.165, 1.54) is 31.4 Å². The van der Waals surface area contributed by atoms with Gasteiger partial charge >= 0.3 is 5.97 Å². The van der Waals surface area contributed by atoms with Crippen molar-refractivity contribution in [1.82, 2.24) is 0 Å². The van der Waals surface area contributed by atoms with E-state index in [0.29, 0.717) is 17.1 Å². The predicted molar refractivity (Wildman–Crippen MR) is 83.3 cm³/mol. The first-order valence-corrected chi connectivity index (χ1v) is 7.11. The number of allylic oxidation sites excluding steroid dienone is 1. The summed E-state index contributed by atoms with van der Waals surface area (Å²) in [6.45, 7) is -0.249. The van der Waals surface area contributed by atoms with Gasteiger partial charge in [-0.15, -0.1) is 0 Å². The van der Waals surface area contributed by atoms with E-state index in [1.54, 1.807) is 24.3 Å². The molecule has 0 saturated heterocycles. The highest BCUT2D eigenvalue weighted by Crippen LogP contribution is 2.35. The van der Waals surface area contributed by atoms with E-state index in [0.717, 1.165) is 0 Å². The first-order valence-electron chi connectivity index (χ1n) is 7.11. The number of rotatable bonds is 4. The predicted octanol–water partition coefficient (Wildman–Crippen LogP) is 2.99. The first kappa shape index (κ1) is 15.7. The van der Waals surface area contributed by atoms with Crippen molar-refractivity contribution in [1.29, 1.82) is 0 Å². The number of halogens is 1. The second-order valence-corrected chi connectivity index (χ2v) is 4.98. The molecule has 0 radical (unpaired) electrons. The summed E-state index contributed by atoms with van der Waals surface area (Å²) in [7, 11) is 1.26. The Labute approximate surface area is 137 Å². The Balaban J connectivity index is 1.82. The van der Waals surface area contributed by atoms with Gasteiger partial charge in [-0.05, 0) is 24.3 Å². The molecule has 0 aromatic heterocycles. The molecule has 2 aromatic carbocycles. The third kappa shape index (κ3) is 3.12. The fourth-order valence-electron chi connectivity index (χ4n) is 2.19. The van der Waals surface area contributed by atoms with E-state index in [2.05, 4.69) is 4.74 Å². The molecule has 0 saturated carbocycles. The molecule has 1 aliphatic heterocycles. The lowest BCUT2D eigenvalue weighted by molar-refractivity contribution is -0.142. The zero-order valence-corrected chi connectivity index (χ0v) is 12.7. The molecular weight excluding hydrogens is 315 g/mol. The Morgan fingerprint density at radius 2 is 2.04 bits per heavy atom. The summed E-state index contributed by atoms with van der Waals surface area (Å²) in [5.74, 6) is -0.621. The quantitative estimate of drug-likeness (QED) is 0.638.